The van der Waals surface area contributed by atoms with Crippen molar-refractivity contribution in [1.29, 1.82) is 0 Å². The number of hydrogen-bond donors (Lipinski definition) is 1. The molecular weight excluding hydrogens is 328 g/mol. The molecule has 0 bridgehead atoms. The first kappa shape index (κ1) is 15.2. The molecule has 1 aliphatic rings. The monoisotopic (exact) mass is 344 g/mol. The van der Waals surface area contributed by atoms with Crippen LogP contribution in [0.3, 0.4) is 0 Å². The van der Waals surface area contributed by atoms with Crippen LogP contribution in [0.15, 0.2) is 23.8 Å². The van der Waals surface area contributed by atoms with E-state index in [1.807, 2.05) is 11.4 Å². The third-order valence-electron chi connectivity index (χ3n) is 3.83. The van der Waals surface area contributed by atoms with Crippen LogP contribution in [0.25, 0.3) is 21.6 Å². The van der Waals surface area contributed by atoms with E-state index in [0.29, 0.717) is 19.0 Å². The van der Waals surface area contributed by atoms with Crippen LogP contribution in [0.4, 0.5) is 11.8 Å². The lowest BCUT2D eigenvalue weighted by Gasteiger charge is -2.33. The van der Waals surface area contributed by atoms with Gasteiger partial charge in [-0.2, -0.15) is 0 Å². The van der Waals surface area contributed by atoms with Crippen LogP contribution in [0.5, 0.6) is 0 Å². The topological polar surface area (TPSA) is 99.3 Å². The summed E-state index contributed by atoms with van der Waals surface area (Å²) < 4.78 is 10.9. The zero-order valence-electron chi connectivity index (χ0n) is 13.0. The van der Waals surface area contributed by atoms with Crippen LogP contribution in [-0.4, -0.2) is 53.0 Å². The largest absolute Gasteiger partial charge is 0.368 e. The highest BCUT2D eigenvalue weighted by Gasteiger charge is 2.24. The summed E-state index contributed by atoms with van der Waals surface area (Å²) in [7, 11) is 1.64. The Balaban J connectivity index is 1.79. The van der Waals surface area contributed by atoms with Crippen molar-refractivity contribution in [2.45, 2.75) is 6.29 Å². The number of methoxy groups -OCH3 is 1. The molecule has 9 heteroatoms. The summed E-state index contributed by atoms with van der Waals surface area (Å²) in [6.07, 6.45) is 3.02. The van der Waals surface area contributed by atoms with Gasteiger partial charge in [-0.3, -0.25) is 0 Å². The Kier molecular flexibility index (Phi) is 3.97. The number of thiophene rings is 1. The van der Waals surface area contributed by atoms with E-state index in [2.05, 4.69) is 19.9 Å². The quantitative estimate of drug-likeness (QED) is 0.764. The smallest absolute Gasteiger partial charge is 0.219 e. The molecule has 0 aromatic carbocycles. The predicted octanol–water partition coefficient (Wildman–Crippen LogP) is 1.54. The lowest BCUT2D eigenvalue weighted by atomic mass is 10.2. The Hall–Kier alpha value is -2.36. The number of ether oxygens (including phenoxy) is 2. The molecule has 1 unspecified atom stereocenters. The number of nitrogen functional groups attached to an aromatic ring is 1. The molecule has 0 saturated carbocycles. The molecule has 4 rings (SSSR count). The summed E-state index contributed by atoms with van der Waals surface area (Å²) in [5.74, 6) is 1.69. The normalized spacial score (nSPS) is 18.2. The zero-order valence-corrected chi connectivity index (χ0v) is 13.9. The van der Waals surface area contributed by atoms with Crippen molar-refractivity contribution >= 4 is 33.3 Å². The average molecular weight is 344 g/mol. The third kappa shape index (κ3) is 2.77. The molecule has 0 aliphatic carbocycles. The van der Waals surface area contributed by atoms with Gasteiger partial charge in [-0.1, -0.05) is 0 Å². The summed E-state index contributed by atoms with van der Waals surface area (Å²) in [4.78, 5) is 20.5. The van der Waals surface area contributed by atoms with Gasteiger partial charge in [0.05, 0.1) is 24.1 Å². The first-order valence-electron chi connectivity index (χ1n) is 7.47. The lowest BCUT2D eigenvalue weighted by Crippen LogP contribution is -2.43. The Morgan fingerprint density at radius 2 is 2.17 bits per heavy atom. The van der Waals surface area contributed by atoms with E-state index in [-0.39, 0.29) is 12.2 Å². The molecule has 1 atom stereocenters. The minimum atomic E-state index is -0.259. The van der Waals surface area contributed by atoms with Gasteiger partial charge in [-0.15, -0.1) is 11.3 Å². The molecule has 3 aromatic heterocycles. The number of anilines is 2. The van der Waals surface area contributed by atoms with E-state index in [1.54, 1.807) is 30.8 Å². The van der Waals surface area contributed by atoms with E-state index in [1.165, 1.54) is 0 Å². The minimum Gasteiger partial charge on any atom is -0.368 e. The van der Waals surface area contributed by atoms with Gasteiger partial charge < -0.3 is 20.1 Å². The maximum Gasteiger partial charge on any atom is 0.219 e. The average Bonchev–Trinajstić information content (AvgIpc) is 3.10. The molecule has 124 valence electrons. The zero-order chi connectivity index (χ0) is 16.5. The molecule has 4 heterocycles. The highest BCUT2D eigenvalue weighted by atomic mass is 32.1. The van der Waals surface area contributed by atoms with E-state index in [4.69, 9.17) is 20.2 Å². The Bertz CT molecular complexity index is 853. The Morgan fingerprint density at radius 3 is 2.96 bits per heavy atom. The summed E-state index contributed by atoms with van der Waals surface area (Å²) in [5, 5.41) is 3.04. The number of aromatic nitrogens is 4. The SMILES string of the molecule is COC1CN(c2nc(-c3cnc(N)nc3)nc3sccc23)CCO1. The van der Waals surface area contributed by atoms with Gasteiger partial charge in [-0.05, 0) is 11.4 Å². The van der Waals surface area contributed by atoms with Crippen molar-refractivity contribution in [3.63, 3.8) is 0 Å². The molecule has 0 amide bonds. The molecule has 0 spiro atoms. The number of fused-ring (bicyclic) bond motifs is 1. The summed E-state index contributed by atoms with van der Waals surface area (Å²) >= 11 is 1.58. The number of nitrogens with zero attached hydrogens (tertiary/aromatic N) is 5. The fourth-order valence-corrected chi connectivity index (χ4v) is 3.38. The molecule has 2 N–H and O–H groups in total. The fourth-order valence-electron chi connectivity index (χ4n) is 2.62. The third-order valence-corrected chi connectivity index (χ3v) is 4.64. The number of rotatable bonds is 3. The molecule has 1 saturated heterocycles. The van der Waals surface area contributed by atoms with Gasteiger partial charge in [-0.25, -0.2) is 19.9 Å². The van der Waals surface area contributed by atoms with Crippen molar-refractivity contribution < 1.29 is 9.47 Å². The molecule has 24 heavy (non-hydrogen) atoms. The number of morpholine rings is 1. The lowest BCUT2D eigenvalue weighted by molar-refractivity contribution is -0.128. The molecule has 8 nitrogen and oxygen atoms in total. The van der Waals surface area contributed by atoms with Crippen LogP contribution < -0.4 is 10.6 Å². The maximum absolute atomic E-state index is 5.56. The van der Waals surface area contributed by atoms with Crippen LogP contribution in [0.2, 0.25) is 0 Å². The van der Waals surface area contributed by atoms with E-state index < -0.39 is 0 Å². The predicted molar refractivity (Wildman–Crippen MR) is 91.8 cm³/mol. The van der Waals surface area contributed by atoms with Crippen LogP contribution in [-0.2, 0) is 9.47 Å². The van der Waals surface area contributed by atoms with Gasteiger partial charge >= 0.3 is 0 Å². The number of nitrogens with two attached hydrogens (primary N) is 1. The second kappa shape index (κ2) is 6.27. The first-order chi connectivity index (χ1) is 11.7. The molecule has 3 aromatic rings. The second-order valence-electron chi connectivity index (χ2n) is 5.32. The Labute approximate surface area is 142 Å². The second-order valence-corrected chi connectivity index (χ2v) is 6.22. The molecule has 1 fully saturated rings. The van der Waals surface area contributed by atoms with Crippen molar-refractivity contribution in [2.75, 3.05) is 37.4 Å². The Morgan fingerprint density at radius 1 is 1.33 bits per heavy atom. The van der Waals surface area contributed by atoms with Crippen molar-refractivity contribution in [2.24, 2.45) is 0 Å². The highest BCUT2D eigenvalue weighted by Crippen LogP contribution is 2.31. The molecular formula is C15H16N6O2S. The first-order valence-corrected chi connectivity index (χ1v) is 8.35. The van der Waals surface area contributed by atoms with Crippen LogP contribution in [0.1, 0.15) is 0 Å². The highest BCUT2D eigenvalue weighted by molar-refractivity contribution is 7.16. The fraction of sp³-hybridized carbons (Fsp3) is 0.333. The maximum atomic E-state index is 5.56. The van der Waals surface area contributed by atoms with Crippen molar-refractivity contribution in [3.05, 3.63) is 23.8 Å². The summed E-state index contributed by atoms with van der Waals surface area (Å²) in [5.41, 5.74) is 6.29. The van der Waals surface area contributed by atoms with E-state index >= 15 is 0 Å². The van der Waals surface area contributed by atoms with Crippen molar-refractivity contribution in [1.82, 2.24) is 19.9 Å². The van der Waals surface area contributed by atoms with Gasteiger partial charge in [0.15, 0.2) is 12.1 Å². The van der Waals surface area contributed by atoms with E-state index in [0.717, 1.165) is 28.1 Å². The number of hydrogen-bond acceptors (Lipinski definition) is 9. The molecule has 1 aliphatic heterocycles. The van der Waals surface area contributed by atoms with Crippen molar-refractivity contribution in [3.8, 4) is 11.4 Å². The van der Waals surface area contributed by atoms with Gasteiger partial charge in [0.25, 0.3) is 0 Å². The molecule has 0 radical (unpaired) electrons. The van der Waals surface area contributed by atoms with Crippen LogP contribution >= 0.6 is 11.3 Å². The van der Waals surface area contributed by atoms with E-state index in [9.17, 15) is 0 Å². The summed E-state index contributed by atoms with van der Waals surface area (Å²) in [6.45, 7) is 1.96. The minimum absolute atomic E-state index is 0.229. The summed E-state index contributed by atoms with van der Waals surface area (Å²) in [6, 6.07) is 2.04. The standard InChI is InChI=1S/C15H16N6O2S/c1-22-11-8-21(3-4-23-11)13-10-2-5-24-14(10)20-12(19-13)9-6-17-15(16)18-7-9/h2,5-7,11H,3-4,8H2,1H3,(H2,16,17,18). The van der Waals surface area contributed by atoms with Crippen LogP contribution in [0, 0.1) is 0 Å². The van der Waals surface area contributed by atoms with Gasteiger partial charge in [0.1, 0.15) is 10.6 Å². The van der Waals surface area contributed by atoms with Gasteiger partial charge in [0.2, 0.25) is 5.95 Å². The van der Waals surface area contributed by atoms with Gasteiger partial charge in [0, 0.05) is 26.0 Å².